The molecule has 0 aromatic carbocycles. The van der Waals surface area contributed by atoms with Crippen LogP contribution in [0.1, 0.15) is 25.5 Å². The van der Waals surface area contributed by atoms with Gasteiger partial charge in [-0.3, -0.25) is 9.78 Å². The predicted octanol–water partition coefficient (Wildman–Crippen LogP) is 1.18. The molecule has 1 atom stereocenters. The molecule has 0 saturated carbocycles. The number of aromatic nitrogens is 1. The van der Waals surface area contributed by atoms with E-state index in [2.05, 4.69) is 15.6 Å². The lowest BCUT2D eigenvalue weighted by Gasteiger charge is -2.22. The van der Waals surface area contributed by atoms with Gasteiger partial charge in [-0.2, -0.15) is 0 Å². The maximum atomic E-state index is 11.9. The molecule has 1 aliphatic heterocycles. The Hall–Kier alpha value is -1.68. The third-order valence-corrected chi connectivity index (χ3v) is 3.10. The van der Waals surface area contributed by atoms with Crippen LogP contribution in [0.15, 0.2) is 35.7 Å². The molecule has 0 spiro atoms. The molecule has 2 heterocycles. The van der Waals surface area contributed by atoms with Crippen molar-refractivity contribution < 1.29 is 4.79 Å². The molecule has 1 aliphatic rings. The quantitative estimate of drug-likeness (QED) is 0.768. The van der Waals surface area contributed by atoms with Crippen LogP contribution in [-0.4, -0.2) is 24.0 Å². The lowest BCUT2D eigenvalue weighted by atomic mass is 10.0. The van der Waals surface area contributed by atoms with Gasteiger partial charge in [-0.05, 0) is 37.1 Å². The molecule has 17 heavy (non-hydrogen) atoms. The Balaban J connectivity index is 1.99. The smallest absolute Gasteiger partial charge is 0.247 e. The summed E-state index contributed by atoms with van der Waals surface area (Å²) >= 11 is 0. The van der Waals surface area contributed by atoms with Gasteiger partial charge in [-0.15, -0.1) is 0 Å². The van der Waals surface area contributed by atoms with Crippen LogP contribution in [0, 0.1) is 0 Å². The number of amides is 1. The number of nitrogens with zero attached hydrogens (tertiary/aromatic N) is 1. The topological polar surface area (TPSA) is 54.0 Å². The molecule has 0 bridgehead atoms. The number of hydrogen-bond acceptors (Lipinski definition) is 3. The highest BCUT2D eigenvalue weighted by Crippen LogP contribution is 2.13. The summed E-state index contributed by atoms with van der Waals surface area (Å²) in [5, 5.41) is 6.13. The number of pyridine rings is 1. The second-order valence-electron chi connectivity index (χ2n) is 4.31. The van der Waals surface area contributed by atoms with Gasteiger partial charge < -0.3 is 10.6 Å². The van der Waals surface area contributed by atoms with Crippen molar-refractivity contribution in [2.24, 2.45) is 0 Å². The minimum absolute atomic E-state index is 0.00841. The molecule has 1 amide bonds. The van der Waals surface area contributed by atoms with Gasteiger partial charge in [0.05, 0.1) is 6.04 Å². The van der Waals surface area contributed by atoms with E-state index in [1.807, 2.05) is 26.0 Å². The Morgan fingerprint density at radius 2 is 2.06 bits per heavy atom. The molecule has 90 valence electrons. The Morgan fingerprint density at radius 1 is 1.41 bits per heavy atom. The monoisotopic (exact) mass is 231 g/mol. The summed E-state index contributed by atoms with van der Waals surface area (Å²) in [5.41, 5.74) is 3.10. The van der Waals surface area contributed by atoms with E-state index >= 15 is 0 Å². The van der Waals surface area contributed by atoms with Gasteiger partial charge in [0.25, 0.3) is 0 Å². The Morgan fingerprint density at radius 3 is 2.59 bits per heavy atom. The Bertz CT molecular complexity index is 433. The van der Waals surface area contributed by atoms with Crippen LogP contribution >= 0.6 is 0 Å². The van der Waals surface area contributed by atoms with Crippen molar-refractivity contribution in [2.75, 3.05) is 13.1 Å². The van der Waals surface area contributed by atoms with Crippen LogP contribution in [0.25, 0.3) is 0 Å². The molecule has 1 aromatic heterocycles. The molecule has 0 aliphatic carbocycles. The van der Waals surface area contributed by atoms with Crippen LogP contribution in [0.2, 0.25) is 0 Å². The Labute approximate surface area is 101 Å². The first-order valence-corrected chi connectivity index (χ1v) is 5.78. The van der Waals surface area contributed by atoms with Gasteiger partial charge in [0.15, 0.2) is 0 Å². The zero-order chi connectivity index (χ0) is 12.3. The summed E-state index contributed by atoms with van der Waals surface area (Å²) < 4.78 is 0. The van der Waals surface area contributed by atoms with Crippen LogP contribution in [0.3, 0.4) is 0 Å². The SMILES string of the molecule is CC(C(=O)NC(C)c1ccncc1)=C1CNC1. The largest absolute Gasteiger partial charge is 0.346 e. The van der Waals surface area contributed by atoms with Crippen molar-refractivity contribution in [2.45, 2.75) is 19.9 Å². The maximum Gasteiger partial charge on any atom is 0.247 e. The van der Waals surface area contributed by atoms with Gasteiger partial charge in [0.2, 0.25) is 5.91 Å². The molecule has 2 N–H and O–H groups in total. The second kappa shape index (κ2) is 5.10. The van der Waals surface area contributed by atoms with Crippen LogP contribution in [0.5, 0.6) is 0 Å². The fourth-order valence-electron chi connectivity index (χ4n) is 1.72. The molecule has 1 aromatic rings. The lowest BCUT2D eigenvalue weighted by molar-refractivity contribution is -0.118. The van der Waals surface area contributed by atoms with E-state index in [4.69, 9.17) is 0 Å². The molecule has 4 heteroatoms. The van der Waals surface area contributed by atoms with E-state index in [0.29, 0.717) is 0 Å². The van der Waals surface area contributed by atoms with Crippen molar-refractivity contribution in [1.82, 2.24) is 15.6 Å². The highest BCUT2D eigenvalue weighted by molar-refractivity contribution is 5.94. The zero-order valence-corrected chi connectivity index (χ0v) is 10.2. The molecule has 2 rings (SSSR count). The summed E-state index contributed by atoms with van der Waals surface area (Å²) in [6.45, 7) is 5.53. The van der Waals surface area contributed by atoms with Gasteiger partial charge >= 0.3 is 0 Å². The Kier molecular flexibility index (Phi) is 3.54. The zero-order valence-electron chi connectivity index (χ0n) is 10.2. The van der Waals surface area contributed by atoms with Gasteiger partial charge in [-0.25, -0.2) is 0 Å². The van der Waals surface area contributed by atoms with Crippen molar-refractivity contribution in [3.8, 4) is 0 Å². The third-order valence-electron chi connectivity index (χ3n) is 3.10. The first-order valence-electron chi connectivity index (χ1n) is 5.78. The van der Waals surface area contributed by atoms with Crippen molar-refractivity contribution >= 4 is 5.91 Å². The maximum absolute atomic E-state index is 11.9. The first kappa shape index (κ1) is 11.8. The van der Waals surface area contributed by atoms with E-state index in [0.717, 1.165) is 24.2 Å². The number of carbonyl (C=O) groups is 1. The van der Waals surface area contributed by atoms with Crippen molar-refractivity contribution in [3.63, 3.8) is 0 Å². The summed E-state index contributed by atoms with van der Waals surface area (Å²) in [4.78, 5) is 15.9. The molecule has 4 nitrogen and oxygen atoms in total. The summed E-state index contributed by atoms with van der Waals surface area (Å²) in [7, 11) is 0. The number of nitrogens with one attached hydrogen (secondary N) is 2. The fourth-order valence-corrected chi connectivity index (χ4v) is 1.72. The highest BCUT2D eigenvalue weighted by Gasteiger charge is 2.17. The average molecular weight is 231 g/mol. The van der Waals surface area contributed by atoms with E-state index in [1.54, 1.807) is 12.4 Å². The number of rotatable bonds is 3. The molecular formula is C13H17N3O. The summed E-state index contributed by atoms with van der Waals surface area (Å²) in [5.74, 6) is 0.0193. The molecule has 1 unspecified atom stereocenters. The van der Waals surface area contributed by atoms with E-state index in [-0.39, 0.29) is 11.9 Å². The van der Waals surface area contributed by atoms with Gasteiger partial charge in [-0.1, -0.05) is 0 Å². The minimum Gasteiger partial charge on any atom is -0.346 e. The lowest BCUT2D eigenvalue weighted by Crippen LogP contribution is -2.38. The second-order valence-corrected chi connectivity index (χ2v) is 4.31. The number of hydrogen-bond donors (Lipinski definition) is 2. The molecule has 0 radical (unpaired) electrons. The average Bonchev–Trinajstić information content (AvgIpc) is 2.27. The highest BCUT2D eigenvalue weighted by atomic mass is 16.1. The van der Waals surface area contributed by atoms with E-state index in [1.165, 1.54) is 5.57 Å². The first-order chi connectivity index (χ1) is 8.18. The van der Waals surface area contributed by atoms with Crippen molar-refractivity contribution in [1.29, 1.82) is 0 Å². The summed E-state index contributed by atoms with van der Waals surface area (Å²) in [6.07, 6.45) is 3.47. The summed E-state index contributed by atoms with van der Waals surface area (Å²) in [6, 6.07) is 3.84. The van der Waals surface area contributed by atoms with Crippen LogP contribution < -0.4 is 10.6 Å². The number of carbonyl (C=O) groups excluding carboxylic acids is 1. The normalized spacial score (nSPS) is 16.0. The molecular weight excluding hydrogens is 214 g/mol. The van der Waals surface area contributed by atoms with Crippen LogP contribution in [-0.2, 0) is 4.79 Å². The fraction of sp³-hybridized carbons (Fsp3) is 0.385. The van der Waals surface area contributed by atoms with Crippen molar-refractivity contribution in [3.05, 3.63) is 41.2 Å². The molecule has 1 saturated heterocycles. The van der Waals surface area contributed by atoms with Gasteiger partial charge in [0, 0.05) is 31.1 Å². The standard InChI is InChI=1S/C13H17N3O/c1-9(12-7-15-8-12)13(17)16-10(2)11-3-5-14-6-4-11/h3-6,10,15H,7-8H2,1-2H3,(H,16,17). The van der Waals surface area contributed by atoms with Gasteiger partial charge in [0.1, 0.15) is 0 Å². The van der Waals surface area contributed by atoms with E-state index < -0.39 is 0 Å². The van der Waals surface area contributed by atoms with Crippen LogP contribution in [0.4, 0.5) is 0 Å². The minimum atomic E-state index is 0.00841. The predicted molar refractivity (Wildman–Crippen MR) is 66.4 cm³/mol. The van der Waals surface area contributed by atoms with E-state index in [9.17, 15) is 4.79 Å². The third kappa shape index (κ3) is 2.71. The molecule has 1 fully saturated rings.